The summed E-state index contributed by atoms with van der Waals surface area (Å²) < 4.78 is 0. The lowest BCUT2D eigenvalue weighted by molar-refractivity contribution is 0.687. The Kier molecular flexibility index (Phi) is 4.58. The minimum Gasteiger partial charge on any atom is -0.369 e. The van der Waals surface area contributed by atoms with Crippen LogP contribution in [-0.2, 0) is 0 Å². The van der Waals surface area contributed by atoms with Gasteiger partial charge in [-0.3, -0.25) is 0 Å². The predicted octanol–water partition coefficient (Wildman–Crippen LogP) is 4.42. The maximum atomic E-state index is 4.66. The van der Waals surface area contributed by atoms with E-state index in [0.717, 1.165) is 47.4 Å². The lowest BCUT2D eigenvalue weighted by atomic mass is 10.2. The fraction of sp³-hybridized carbons (Fsp3) is 0.625. The second kappa shape index (κ2) is 6.60. The van der Waals surface area contributed by atoms with Gasteiger partial charge >= 0.3 is 0 Å². The van der Waals surface area contributed by atoms with Crippen LogP contribution < -0.4 is 10.6 Å². The Morgan fingerprint density at radius 3 is 2.86 bits per heavy atom. The molecule has 1 fully saturated rings. The van der Waals surface area contributed by atoms with Gasteiger partial charge in [0.2, 0.25) is 5.95 Å². The van der Waals surface area contributed by atoms with E-state index in [2.05, 4.69) is 40.5 Å². The Balaban J connectivity index is 1.72. The van der Waals surface area contributed by atoms with E-state index < -0.39 is 0 Å². The highest BCUT2D eigenvalue weighted by Crippen LogP contribution is 2.33. The summed E-state index contributed by atoms with van der Waals surface area (Å²) in [5.41, 5.74) is 0. The van der Waals surface area contributed by atoms with Crippen molar-refractivity contribution in [3.8, 4) is 0 Å². The molecule has 0 amide bonds. The molecule has 1 aliphatic rings. The van der Waals surface area contributed by atoms with Crippen LogP contribution in [-0.4, -0.2) is 23.1 Å². The van der Waals surface area contributed by atoms with Gasteiger partial charge in [0.05, 0.1) is 5.39 Å². The van der Waals surface area contributed by atoms with E-state index in [-0.39, 0.29) is 0 Å². The van der Waals surface area contributed by atoms with Crippen molar-refractivity contribution in [3.63, 3.8) is 0 Å². The van der Waals surface area contributed by atoms with Crippen LogP contribution in [0.25, 0.3) is 10.2 Å². The summed E-state index contributed by atoms with van der Waals surface area (Å²) in [5, 5.41) is 7.97. The van der Waals surface area contributed by atoms with Crippen LogP contribution in [0.5, 0.6) is 0 Å². The Hall–Kier alpha value is -1.36. The lowest BCUT2D eigenvalue weighted by Gasteiger charge is -2.09. The van der Waals surface area contributed by atoms with Gasteiger partial charge in [-0.15, -0.1) is 11.3 Å². The molecule has 5 heteroatoms. The zero-order chi connectivity index (χ0) is 14.7. The van der Waals surface area contributed by atoms with Gasteiger partial charge in [-0.2, -0.15) is 4.98 Å². The van der Waals surface area contributed by atoms with Crippen molar-refractivity contribution in [1.82, 2.24) is 9.97 Å². The van der Waals surface area contributed by atoms with E-state index in [1.54, 1.807) is 11.3 Å². The number of hydrogen-bond donors (Lipinski definition) is 2. The van der Waals surface area contributed by atoms with Gasteiger partial charge in [-0.25, -0.2) is 4.98 Å². The first-order chi connectivity index (χ1) is 10.3. The second-order valence-corrected chi connectivity index (χ2v) is 7.15. The number of anilines is 2. The smallest absolute Gasteiger partial charge is 0.226 e. The van der Waals surface area contributed by atoms with E-state index >= 15 is 0 Å². The topological polar surface area (TPSA) is 49.8 Å². The van der Waals surface area contributed by atoms with Crippen molar-refractivity contribution in [1.29, 1.82) is 0 Å². The molecule has 0 radical (unpaired) electrons. The van der Waals surface area contributed by atoms with Gasteiger partial charge in [0.1, 0.15) is 10.6 Å². The molecule has 2 aromatic rings. The maximum Gasteiger partial charge on any atom is 0.226 e. The van der Waals surface area contributed by atoms with Gasteiger partial charge in [0.25, 0.3) is 0 Å². The molecular weight excluding hydrogens is 280 g/mol. The van der Waals surface area contributed by atoms with Gasteiger partial charge in [0, 0.05) is 18.0 Å². The summed E-state index contributed by atoms with van der Waals surface area (Å²) in [6, 6.07) is 2.19. The number of rotatable bonds is 8. The van der Waals surface area contributed by atoms with E-state index in [1.807, 2.05) is 0 Å². The predicted molar refractivity (Wildman–Crippen MR) is 91.4 cm³/mol. The zero-order valence-corrected chi connectivity index (χ0v) is 13.7. The highest BCUT2D eigenvalue weighted by atomic mass is 32.1. The molecule has 1 aliphatic carbocycles. The molecule has 0 atom stereocenters. The second-order valence-electron chi connectivity index (χ2n) is 5.91. The fourth-order valence-electron chi connectivity index (χ4n) is 2.50. The quantitative estimate of drug-likeness (QED) is 0.709. The molecular formula is C16H24N4S. The summed E-state index contributed by atoms with van der Waals surface area (Å²) in [5.74, 6) is 2.73. The largest absolute Gasteiger partial charge is 0.369 e. The van der Waals surface area contributed by atoms with Crippen molar-refractivity contribution < 1.29 is 0 Å². The molecule has 2 heterocycles. The molecule has 21 heavy (non-hydrogen) atoms. The van der Waals surface area contributed by atoms with Crippen molar-refractivity contribution in [3.05, 3.63) is 10.9 Å². The van der Waals surface area contributed by atoms with Crippen molar-refractivity contribution in [2.45, 2.75) is 46.0 Å². The molecule has 0 aliphatic heterocycles. The van der Waals surface area contributed by atoms with Crippen LogP contribution in [0, 0.1) is 12.8 Å². The van der Waals surface area contributed by atoms with Crippen molar-refractivity contribution >= 4 is 33.3 Å². The first-order valence-electron chi connectivity index (χ1n) is 8.02. The van der Waals surface area contributed by atoms with Gasteiger partial charge in [-0.05, 0) is 38.2 Å². The van der Waals surface area contributed by atoms with Crippen LogP contribution in [0.15, 0.2) is 6.07 Å². The maximum absolute atomic E-state index is 4.66. The highest BCUT2D eigenvalue weighted by Gasteiger charge is 2.20. The molecule has 0 bridgehead atoms. The first kappa shape index (κ1) is 14.6. The molecule has 1 saturated carbocycles. The number of nitrogens with zero attached hydrogens (tertiary/aromatic N) is 2. The molecule has 114 valence electrons. The standard InChI is InChI=1S/C16H24N4S/c1-3-8-18-16-19-14(17-9-4-5-12-6-7-12)13-10-11(2)21-15(13)20-16/h10,12H,3-9H2,1-2H3,(H2,17,18,19,20). The molecule has 0 aromatic carbocycles. The molecule has 0 unspecified atom stereocenters. The molecule has 4 nitrogen and oxygen atoms in total. The fourth-order valence-corrected chi connectivity index (χ4v) is 3.38. The summed E-state index contributed by atoms with van der Waals surface area (Å²) in [6.07, 6.45) is 6.54. The van der Waals surface area contributed by atoms with Crippen LogP contribution >= 0.6 is 11.3 Å². The number of thiophene rings is 1. The number of fused-ring (bicyclic) bond motifs is 1. The molecule has 2 aromatic heterocycles. The van der Waals surface area contributed by atoms with E-state index in [9.17, 15) is 0 Å². The monoisotopic (exact) mass is 304 g/mol. The van der Waals surface area contributed by atoms with Crippen LogP contribution in [0.4, 0.5) is 11.8 Å². The van der Waals surface area contributed by atoms with Crippen LogP contribution in [0.2, 0.25) is 0 Å². The minimum absolute atomic E-state index is 0.746. The van der Waals surface area contributed by atoms with E-state index in [1.165, 1.54) is 30.6 Å². The van der Waals surface area contributed by atoms with Crippen LogP contribution in [0.3, 0.4) is 0 Å². The number of hydrogen-bond acceptors (Lipinski definition) is 5. The SMILES string of the molecule is CCCNc1nc(NCCCC2CC2)c2cc(C)sc2n1. The third kappa shape index (κ3) is 3.84. The van der Waals surface area contributed by atoms with E-state index in [0.29, 0.717) is 0 Å². The summed E-state index contributed by atoms with van der Waals surface area (Å²) in [6.45, 7) is 6.20. The number of nitrogens with one attached hydrogen (secondary N) is 2. The van der Waals surface area contributed by atoms with E-state index in [4.69, 9.17) is 0 Å². The third-order valence-electron chi connectivity index (χ3n) is 3.83. The van der Waals surface area contributed by atoms with Crippen molar-refractivity contribution in [2.24, 2.45) is 5.92 Å². The van der Waals surface area contributed by atoms with Crippen LogP contribution in [0.1, 0.15) is 43.9 Å². The number of aromatic nitrogens is 2. The molecule has 2 N–H and O–H groups in total. The Morgan fingerprint density at radius 1 is 1.24 bits per heavy atom. The zero-order valence-electron chi connectivity index (χ0n) is 12.9. The summed E-state index contributed by atoms with van der Waals surface area (Å²) in [7, 11) is 0. The Labute approximate surface area is 130 Å². The average molecular weight is 304 g/mol. The third-order valence-corrected chi connectivity index (χ3v) is 4.77. The van der Waals surface area contributed by atoms with Crippen molar-refractivity contribution in [2.75, 3.05) is 23.7 Å². The Bertz CT molecular complexity index is 604. The Morgan fingerprint density at radius 2 is 2.10 bits per heavy atom. The molecule has 3 rings (SSSR count). The van der Waals surface area contributed by atoms with Gasteiger partial charge < -0.3 is 10.6 Å². The summed E-state index contributed by atoms with van der Waals surface area (Å²) in [4.78, 5) is 11.6. The molecule has 0 spiro atoms. The lowest BCUT2D eigenvalue weighted by Crippen LogP contribution is -2.08. The normalized spacial score (nSPS) is 14.6. The average Bonchev–Trinajstić information content (AvgIpc) is 3.21. The first-order valence-corrected chi connectivity index (χ1v) is 8.84. The number of aryl methyl sites for hydroxylation is 1. The summed E-state index contributed by atoms with van der Waals surface area (Å²) >= 11 is 1.74. The van der Waals surface area contributed by atoms with Gasteiger partial charge in [0.15, 0.2) is 0 Å². The van der Waals surface area contributed by atoms with Gasteiger partial charge in [-0.1, -0.05) is 19.8 Å². The minimum atomic E-state index is 0.746. The molecule has 0 saturated heterocycles. The highest BCUT2D eigenvalue weighted by molar-refractivity contribution is 7.18.